The second-order valence-electron chi connectivity index (χ2n) is 14.2. The molecule has 11 atom stereocenters. The molecule has 15 heteroatoms. The number of aliphatic hydroxyl groups excluding tert-OH is 8. The third-order valence-electron chi connectivity index (χ3n) is 9.83. The minimum absolute atomic E-state index is 0.0154. The molecule has 0 bridgehead atoms. The van der Waals surface area contributed by atoms with Crippen molar-refractivity contribution >= 4 is 16.8 Å². The highest BCUT2D eigenvalue weighted by molar-refractivity contribution is 5.84. The first kappa shape index (κ1) is 43.1. The van der Waals surface area contributed by atoms with Gasteiger partial charge in [0, 0.05) is 30.1 Å². The molecule has 4 rings (SSSR count). The lowest BCUT2D eigenvalue weighted by molar-refractivity contribution is -0.323. The Morgan fingerprint density at radius 1 is 0.849 bits per heavy atom. The summed E-state index contributed by atoms with van der Waals surface area (Å²) in [4.78, 5) is 15.6. The third kappa shape index (κ3) is 13.0. The van der Waals surface area contributed by atoms with Crippen molar-refractivity contribution in [1.29, 1.82) is 0 Å². The second kappa shape index (κ2) is 22.0. The fourth-order valence-electron chi connectivity index (χ4n) is 6.56. The number of H-pyrrole nitrogens is 1. The first-order valence-corrected chi connectivity index (χ1v) is 19.0. The predicted molar refractivity (Wildman–Crippen MR) is 194 cm³/mol. The minimum atomic E-state index is -1.68. The summed E-state index contributed by atoms with van der Waals surface area (Å²) in [6.45, 7) is 1.16. The maximum atomic E-state index is 12.4. The lowest BCUT2D eigenvalue weighted by Crippen LogP contribution is -2.62. The van der Waals surface area contributed by atoms with Crippen LogP contribution in [0.25, 0.3) is 10.9 Å². The van der Waals surface area contributed by atoms with Crippen molar-refractivity contribution in [2.24, 2.45) is 0 Å². The number of hydrogen-bond acceptors (Lipinski definition) is 13. The molecule has 0 aliphatic carbocycles. The van der Waals surface area contributed by atoms with E-state index in [0.29, 0.717) is 25.1 Å². The summed E-state index contributed by atoms with van der Waals surface area (Å²) in [5.41, 5.74) is 1.76. The monoisotopic (exact) mass is 752 g/mol. The molecule has 15 nitrogen and oxygen atoms in total. The van der Waals surface area contributed by atoms with Crippen molar-refractivity contribution in [1.82, 2.24) is 10.3 Å². The van der Waals surface area contributed by atoms with Crippen LogP contribution < -0.4 is 10.1 Å². The summed E-state index contributed by atoms with van der Waals surface area (Å²) >= 11 is 0. The molecule has 2 aliphatic rings. The average Bonchev–Trinajstić information content (AvgIpc) is 3.54. The van der Waals surface area contributed by atoms with E-state index in [-0.39, 0.29) is 12.0 Å². The number of amides is 1. The zero-order valence-corrected chi connectivity index (χ0v) is 30.5. The van der Waals surface area contributed by atoms with Gasteiger partial charge in [0.05, 0.1) is 19.3 Å². The molecule has 0 spiro atoms. The number of carbonyl (C=O) groups excluding carboxylic acids is 1. The smallest absolute Gasteiger partial charge is 0.229 e. The van der Waals surface area contributed by atoms with Crippen LogP contribution in [0.3, 0.4) is 0 Å². The number of unbranched alkanes of at least 4 members (excludes halogenated alkanes) is 7. The Morgan fingerprint density at radius 3 is 2.21 bits per heavy atom. The molecule has 1 amide bonds. The van der Waals surface area contributed by atoms with Crippen LogP contribution >= 0.6 is 0 Å². The van der Waals surface area contributed by atoms with Crippen molar-refractivity contribution in [3.8, 4) is 5.75 Å². The van der Waals surface area contributed by atoms with Crippen LogP contribution in [-0.4, -0.2) is 139 Å². The summed E-state index contributed by atoms with van der Waals surface area (Å²) in [7, 11) is 0. The van der Waals surface area contributed by atoms with Gasteiger partial charge in [0.15, 0.2) is 6.29 Å². The van der Waals surface area contributed by atoms with Gasteiger partial charge in [0.1, 0.15) is 54.6 Å². The third-order valence-corrected chi connectivity index (χ3v) is 9.83. The van der Waals surface area contributed by atoms with E-state index in [4.69, 9.17) is 18.9 Å². The van der Waals surface area contributed by atoms with Gasteiger partial charge in [-0.2, -0.15) is 0 Å². The zero-order valence-electron chi connectivity index (χ0n) is 30.5. The largest absolute Gasteiger partial charge is 0.462 e. The van der Waals surface area contributed by atoms with Crippen molar-refractivity contribution in [2.45, 2.75) is 151 Å². The molecule has 2 fully saturated rings. The molecule has 1 unspecified atom stereocenters. The first-order valence-electron chi connectivity index (χ1n) is 19.0. The van der Waals surface area contributed by atoms with Gasteiger partial charge < -0.3 is 70.1 Å². The van der Waals surface area contributed by atoms with E-state index in [1.54, 1.807) is 18.2 Å². The summed E-state index contributed by atoms with van der Waals surface area (Å²) in [5, 5.41) is 84.5. The molecule has 2 aromatic rings. The number of carbonyl (C=O) groups is 1. The minimum Gasteiger partial charge on any atom is -0.462 e. The Balaban J connectivity index is 1.17. The molecule has 3 heterocycles. The molecule has 2 aliphatic heterocycles. The van der Waals surface area contributed by atoms with Gasteiger partial charge in [0.25, 0.3) is 0 Å². The van der Waals surface area contributed by atoms with Gasteiger partial charge in [-0.3, -0.25) is 4.79 Å². The topological polar surface area (TPSA) is 244 Å². The number of benzene rings is 1. The molecule has 1 aromatic heterocycles. The van der Waals surface area contributed by atoms with Crippen molar-refractivity contribution in [2.75, 3.05) is 19.8 Å². The Morgan fingerprint density at radius 2 is 1.49 bits per heavy atom. The van der Waals surface area contributed by atoms with Crippen LogP contribution in [0.15, 0.2) is 36.5 Å². The second-order valence-corrected chi connectivity index (χ2v) is 14.2. The number of ether oxygens (including phenoxy) is 4. The zero-order chi connectivity index (χ0) is 38.3. The number of rotatable bonds is 22. The Bertz CT molecular complexity index is 1390. The fourth-order valence-corrected chi connectivity index (χ4v) is 6.56. The van der Waals surface area contributed by atoms with Crippen LogP contribution in [0.2, 0.25) is 0 Å². The number of nitrogens with one attached hydrogen (secondary N) is 2. The van der Waals surface area contributed by atoms with Gasteiger partial charge in [0.2, 0.25) is 12.2 Å². The van der Waals surface area contributed by atoms with Gasteiger partial charge in [-0.25, -0.2) is 0 Å². The SMILES string of the molecule is CC(O)CCCC/C=C\CCCCCCCC(=O)NCCc1c[nH]c2ccc(O[C@@H]3O[C@H](CO[C@@H]4O[C@H](CO)[C@@H](O)[C@H](O)[C@H]4O)[C@@H](O)[C@H](O)[C@H]3O)cc12. The normalized spacial score (nSPS) is 29.8. The summed E-state index contributed by atoms with van der Waals surface area (Å²) in [6, 6.07) is 5.17. The summed E-state index contributed by atoms with van der Waals surface area (Å²) < 4.78 is 22.5. The lowest BCUT2D eigenvalue weighted by atomic mass is 9.98. The van der Waals surface area contributed by atoms with E-state index >= 15 is 0 Å². The Hall–Kier alpha value is -2.67. The van der Waals surface area contributed by atoms with Gasteiger partial charge in [-0.1, -0.05) is 37.8 Å². The number of fused-ring (bicyclic) bond motifs is 1. The molecular weight excluding hydrogens is 692 g/mol. The highest BCUT2D eigenvalue weighted by Gasteiger charge is 2.48. The molecule has 53 heavy (non-hydrogen) atoms. The van der Waals surface area contributed by atoms with Crippen LogP contribution in [-0.2, 0) is 25.4 Å². The van der Waals surface area contributed by atoms with E-state index in [2.05, 4.69) is 22.5 Å². The standard InChI is InChI=1S/C38H60N2O13/c1-23(42)13-11-9-7-5-3-2-4-6-8-10-12-14-30(43)39-18-17-24-20-40-27-16-15-25(19-26(24)27)51-38-36(49)34(47)32(45)29(53-38)22-50-37-35(48)33(46)31(44)28(21-41)52-37/h3,5,15-16,19-20,23,28-29,31-38,40-42,44-49H,2,4,6-14,17-18,21-22H2,1H3,(H,39,43)/b5-3-/t23?,28-,29-,31-,32-,33+,34+,35-,36-,37-,38-/m1/s1. The number of aromatic amines is 1. The number of allylic oxidation sites excluding steroid dienone is 2. The Labute approximate surface area is 310 Å². The van der Waals surface area contributed by atoms with E-state index < -0.39 is 74.6 Å². The molecule has 2 saturated heterocycles. The van der Waals surface area contributed by atoms with Crippen LogP contribution in [0.4, 0.5) is 0 Å². The predicted octanol–water partition coefficient (Wildman–Crippen LogP) is 1.06. The first-order chi connectivity index (χ1) is 25.5. The van der Waals surface area contributed by atoms with Crippen LogP contribution in [0.5, 0.6) is 5.75 Å². The quantitative estimate of drug-likeness (QED) is 0.0599. The molecule has 1 aromatic carbocycles. The molecule has 0 radical (unpaired) electrons. The number of aliphatic hydroxyl groups is 8. The highest BCUT2D eigenvalue weighted by atomic mass is 16.7. The molecule has 0 saturated carbocycles. The van der Waals surface area contributed by atoms with Crippen LogP contribution in [0, 0.1) is 0 Å². The summed E-state index contributed by atoms with van der Waals surface area (Å²) in [6.07, 6.45) is 2.44. The lowest BCUT2D eigenvalue weighted by Gasteiger charge is -2.42. The van der Waals surface area contributed by atoms with E-state index in [0.717, 1.165) is 80.7 Å². The number of aromatic nitrogens is 1. The molecular formula is C38H60N2O13. The fraction of sp³-hybridized carbons (Fsp3) is 0.711. The maximum absolute atomic E-state index is 12.4. The molecule has 300 valence electrons. The highest BCUT2D eigenvalue weighted by Crippen LogP contribution is 2.29. The van der Waals surface area contributed by atoms with Gasteiger partial charge in [-0.15, -0.1) is 0 Å². The van der Waals surface area contributed by atoms with E-state index in [1.807, 2.05) is 13.1 Å². The summed E-state index contributed by atoms with van der Waals surface area (Å²) in [5.74, 6) is 0.324. The average molecular weight is 753 g/mol. The molecule has 10 N–H and O–H groups in total. The van der Waals surface area contributed by atoms with Gasteiger partial charge >= 0.3 is 0 Å². The number of hydrogen-bond donors (Lipinski definition) is 10. The van der Waals surface area contributed by atoms with Crippen molar-refractivity contribution in [3.63, 3.8) is 0 Å². The Kier molecular flexibility index (Phi) is 17.9. The van der Waals surface area contributed by atoms with E-state index in [1.165, 1.54) is 0 Å². The van der Waals surface area contributed by atoms with Crippen molar-refractivity contribution < 1.29 is 64.6 Å². The van der Waals surface area contributed by atoms with E-state index in [9.17, 15) is 45.6 Å². The maximum Gasteiger partial charge on any atom is 0.229 e. The van der Waals surface area contributed by atoms with Gasteiger partial charge in [-0.05, 0) is 75.6 Å². The van der Waals surface area contributed by atoms with Crippen LogP contribution in [0.1, 0.15) is 83.1 Å². The van der Waals surface area contributed by atoms with Crippen molar-refractivity contribution in [3.05, 3.63) is 42.1 Å².